The van der Waals surface area contributed by atoms with Gasteiger partial charge in [0.15, 0.2) is 0 Å². The van der Waals surface area contributed by atoms with E-state index in [0.717, 1.165) is 38.2 Å². The van der Waals surface area contributed by atoms with Gasteiger partial charge in [-0.15, -0.1) is 0 Å². The van der Waals surface area contributed by atoms with Crippen molar-refractivity contribution in [1.82, 2.24) is 15.1 Å². The second kappa shape index (κ2) is 6.53. The molecule has 110 valence electrons. The normalized spacial score (nSPS) is 37.4. The lowest BCUT2D eigenvalue weighted by atomic mass is 9.98. The average molecular weight is 267 g/mol. The summed E-state index contributed by atoms with van der Waals surface area (Å²) in [6.45, 7) is 8.11. The van der Waals surface area contributed by atoms with Gasteiger partial charge in [0.1, 0.15) is 0 Å². The van der Waals surface area contributed by atoms with E-state index in [1.54, 1.807) is 0 Å². The number of fused-ring (bicyclic) bond motifs is 1. The van der Waals surface area contributed by atoms with Crippen molar-refractivity contribution in [3.8, 4) is 0 Å². The zero-order valence-corrected chi connectivity index (χ0v) is 12.3. The summed E-state index contributed by atoms with van der Waals surface area (Å²) in [5, 5.41) is 3.65. The zero-order valence-electron chi connectivity index (χ0n) is 12.3. The van der Waals surface area contributed by atoms with Crippen LogP contribution in [0.15, 0.2) is 0 Å². The highest BCUT2D eigenvalue weighted by Gasteiger charge is 2.31. The fraction of sp³-hybridized carbons (Fsp3) is 1.00. The van der Waals surface area contributed by atoms with Gasteiger partial charge in [-0.1, -0.05) is 0 Å². The SMILES string of the molecule is CN1CCCC(CNCC2CN3CCCC3CO2)C1. The molecule has 19 heavy (non-hydrogen) atoms. The van der Waals surface area contributed by atoms with Crippen LogP contribution in [0.3, 0.4) is 0 Å². The standard InChI is InChI=1S/C15H29N3O/c1-17-6-2-4-13(10-17)8-16-9-15-11-18-7-3-5-14(18)12-19-15/h13-16H,2-12H2,1H3. The minimum Gasteiger partial charge on any atom is -0.374 e. The molecule has 0 aromatic rings. The average Bonchev–Trinajstić information content (AvgIpc) is 2.86. The molecule has 4 heteroatoms. The fourth-order valence-corrected chi connectivity index (χ4v) is 3.90. The summed E-state index contributed by atoms with van der Waals surface area (Å²) in [4.78, 5) is 5.09. The molecule has 3 unspecified atom stereocenters. The molecule has 3 rings (SSSR count). The van der Waals surface area contributed by atoms with E-state index in [1.165, 1.54) is 45.3 Å². The van der Waals surface area contributed by atoms with Gasteiger partial charge in [-0.3, -0.25) is 4.90 Å². The van der Waals surface area contributed by atoms with E-state index in [2.05, 4.69) is 22.2 Å². The van der Waals surface area contributed by atoms with Crippen LogP contribution in [0.2, 0.25) is 0 Å². The predicted octanol–water partition coefficient (Wildman–Crippen LogP) is 0.781. The molecule has 3 aliphatic heterocycles. The minimum absolute atomic E-state index is 0.413. The molecule has 3 heterocycles. The first kappa shape index (κ1) is 13.8. The Morgan fingerprint density at radius 2 is 2.00 bits per heavy atom. The van der Waals surface area contributed by atoms with Gasteiger partial charge >= 0.3 is 0 Å². The van der Waals surface area contributed by atoms with Crippen LogP contribution >= 0.6 is 0 Å². The van der Waals surface area contributed by atoms with E-state index in [9.17, 15) is 0 Å². The highest BCUT2D eigenvalue weighted by atomic mass is 16.5. The summed E-state index contributed by atoms with van der Waals surface area (Å²) >= 11 is 0. The van der Waals surface area contributed by atoms with Gasteiger partial charge in [0, 0.05) is 25.7 Å². The predicted molar refractivity (Wildman–Crippen MR) is 77.4 cm³/mol. The molecule has 1 N–H and O–H groups in total. The van der Waals surface area contributed by atoms with Gasteiger partial charge in [0.05, 0.1) is 12.7 Å². The van der Waals surface area contributed by atoms with Crippen molar-refractivity contribution in [2.75, 3.05) is 52.9 Å². The van der Waals surface area contributed by atoms with Gasteiger partial charge < -0.3 is 15.0 Å². The Labute approximate surface area is 117 Å². The lowest BCUT2D eigenvalue weighted by molar-refractivity contribution is -0.0473. The monoisotopic (exact) mass is 267 g/mol. The largest absolute Gasteiger partial charge is 0.374 e. The zero-order chi connectivity index (χ0) is 13.1. The molecule has 0 aromatic carbocycles. The van der Waals surface area contributed by atoms with Crippen molar-refractivity contribution in [1.29, 1.82) is 0 Å². The Morgan fingerprint density at radius 3 is 2.89 bits per heavy atom. The molecule has 0 bridgehead atoms. The van der Waals surface area contributed by atoms with E-state index < -0.39 is 0 Å². The van der Waals surface area contributed by atoms with Crippen molar-refractivity contribution >= 4 is 0 Å². The summed E-state index contributed by atoms with van der Waals surface area (Å²) < 4.78 is 5.99. The third-order valence-electron chi connectivity index (χ3n) is 4.99. The maximum absolute atomic E-state index is 5.99. The summed E-state index contributed by atoms with van der Waals surface area (Å²) in [5.74, 6) is 0.835. The van der Waals surface area contributed by atoms with Crippen molar-refractivity contribution in [2.45, 2.75) is 37.8 Å². The molecule has 0 radical (unpaired) electrons. The smallest absolute Gasteiger partial charge is 0.0826 e. The molecule has 3 fully saturated rings. The first-order chi connectivity index (χ1) is 9.31. The van der Waals surface area contributed by atoms with Crippen molar-refractivity contribution in [3.63, 3.8) is 0 Å². The van der Waals surface area contributed by atoms with Gasteiger partial charge in [-0.2, -0.15) is 0 Å². The van der Waals surface area contributed by atoms with Crippen LogP contribution in [0, 0.1) is 5.92 Å². The quantitative estimate of drug-likeness (QED) is 0.815. The molecule has 0 aliphatic carbocycles. The third kappa shape index (κ3) is 3.69. The Morgan fingerprint density at radius 1 is 1.11 bits per heavy atom. The maximum atomic E-state index is 5.99. The molecule has 0 spiro atoms. The number of ether oxygens (including phenoxy) is 1. The van der Waals surface area contributed by atoms with Crippen LogP contribution in [0.25, 0.3) is 0 Å². The molecule has 0 amide bonds. The summed E-state index contributed by atoms with van der Waals surface area (Å²) in [5.41, 5.74) is 0. The van der Waals surface area contributed by atoms with Crippen molar-refractivity contribution in [2.24, 2.45) is 5.92 Å². The second-order valence-electron chi connectivity index (χ2n) is 6.68. The van der Waals surface area contributed by atoms with Crippen LogP contribution in [0.5, 0.6) is 0 Å². The Kier molecular flexibility index (Phi) is 4.74. The molecular formula is C15H29N3O. The molecular weight excluding hydrogens is 238 g/mol. The van der Waals surface area contributed by atoms with Crippen LogP contribution < -0.4 is 5.32 Å². The van der Waals surface area contributed by atoms with E-state index in [4.69, 9.17) is 4.74 Å². The number of hydrogen-bond donors (Lipinski definition) is 1. The number of morpholine rings is 1. The lowest BCUT2D eigenvalue weighted by Crippen LogP contribution is -2.50. The van der Waals surface area contributed by atoms with E-state index in [0.29, 0.717) is 6.10 Å². The number of piperidine rings is 1. The van der Waals surface area contributed by atoms with Crippen LogP contribution in [0.1, 0.15) is 25.7 Å². The molecule has 0 saturated carbocycles. The maximum Gasteiger partial charge on any atom is 0.0826 e. The molecule has 0 aromatic heterocycles. The number of rotatable bonds is 4. The van der Waals surface area contributed by atoms with E-state index in [-0.39, 0.29) is 0 Å². The molecule has 3 aliphatic rings. The van der Waals surface area contributed by atoms with Gasteiger partial charge in [-0.05, 0) is 58.3 Å². The molecule has 3 atom stereocenters. The fourth-order valence-electron chi connectivity index (χ4n) is 3.90. The highest BCUT2D eigenvalue weighted by molar-refractivity contribution is 4.86. The Balaban J connectivity index is 1.34. The summed E-state index contributed by atoms with van der Waals surface area (Å²) in [7, 11) is 2.24. The van der Waals surface area contributed by atoms with E-state index >= 15 is 0 Å². The Hall–Kier alpha value is -0.160. The number of nitrogens with one attached hydrogen (secondary N) is 1. The van der Waals surface area contributed by atoms with Crippen LogP contribution in [-0.2, 0) is 4.74 Å². The minimum atomic E-state index is 0.413. The summed E-state index contributed by atoms with van der Waals surface area (Å²) in [6.07, 6.45) is 5.86. The van der Waals surface area contributed by atoms with Gasteiger partial charge in [0.25, 0.3) is 0 Å². The van der Waals surface area contributed by atoms with Crippen LogP contribution in [0.4, 0.5) is 0 Å². The Bertz CT molecular complexity index is 287. The first-order valence-electron chi connectivity index (χ1n) is 8.06. The first-order valence-corrected chi connectivity index (χ1v) is 8.06. The van der Waals surface area contributed by atoms with Crippen molar-refractivity contribution in [3.05, 3.63) is 0 Å². The van der Waals surface area contributed by atoms with Gasteiger partial charge in [0.2, 0.25) is 0 Å². The lowest BCUT2D eigenvalue weighted by Gasteiger charge is -2.36. The van der Waals surface area contributed by atoms with Gasteiger partial charge in [-0.25, -0.2) is 0 Å². The molecule has 3 saturated heterocycles. The summed E-state index contributed by atoms with van der Waals surface area (Å²) in [6, 6.07) is 0.725. The third-order valence-corrected chi connectivity index (χ3v) is 4.99. The van der Waals surface area contributed by atoms with Crippen LogP contribution in [-0.4, -0.2) is 74.9 Å². The molecule has 4 nitrogen and oxygen atoms in total. The number of hydrogen-bond acceptors (Lipinski definition) is 4. The highest BCUT2D eigenvalue weighted by Crippen LogP contribution is 2.22. The number of nitrogens with zero attached hydrogens (tertiary/aromatic N) is 2. The van der Waals surface area contributed by atoms with Crippen molar-refractivity contribution < 1.29 is 4.74 Å². The second-order valence-corrected chi connectivity index (χ2v) is 6.68. The number of likely N-dealkylation sites (tertiary alicyclic amines) is 1. The van der Waals surface area contributed by atoms with E-state index in [1.807, 2.05) is 0 Å². The topological polar surface area (TPSA) is 27.7 Å².